The van der Waals surface area contributed by atoms with Crippen molar-refractivity contribution < 1.29 is 4.79 Å². The zero-order valence-electron chi connectivity index (χ0n) is 13.3. The Morgan fingerprint density at radius 1 is 1.12 bits per heavy atom. The average Bonchev–Trinajstić information content (AvgIpc) is 3.09. The van der Waals surface area contributed by atoms with Gasteiger partial charge in [0.25, 0.3) is 0 Å². The van der Waals surface area contributed by atoms with Crippen LogP contribution in [0.25, 0.3) is 11.1 Å². The third kappa shape index (κ3) is 3.83. The molecule has 0 radical (unpaired) electrons. The molecular formula is C18H18N4OS. The first-order valence-electron chi connectivity index (χ1n) is 7.73. The number of rotatable bonds is 6. The fraction of sp³-hybridized carbons (Fsp3) is 0.167. The number of nitrogens with one attached hydrogen (secondary N) is 1. The highest BCUT2D eigenvalue weighted by Gasteiger charge is 2.10. The molecule has 0 aliphatic carbocycles. The van der Waals surface area contributed by atoms with Gasteiger partial charge in [0.1, 0.15) is 6.33 Å². The zero-order chi connectivity index (χ0) is 16.8. The van der Waals surface area contributed by atoms with Crippen molar-refractivity contribution in [1.29, 1.82) is 0 Å². The van der Waals surface area contributed by atoms with Gasteiger partial charge in [0.05, 0.1) is 5.75 Å². The molecule has 24 heavy (non-hydrogen) atoms. The van der Waals surface area contributed by atoms with Gasteiger partial charge in [-0.3, -0.25) is 4.79 Å². The number of hydrogen-bond acceptors (Lipinski definition) is 4. The van der Waals surface area contributed by atoms with Crippen LogP contribution in [-0.2, 0) is 11.3 Å². The Kier molecular flexibility index (Phi) is 5.28. The van der Waals surface area contributed by atoms with Gasteiger partial charge in [-0.1, -0.05) is 60.3 Å². The quantitative estimate of drug-likeness (QED) is 0.696. The molecule has 1 N–H and O–H groups in total. The molecule has 3 rings (SSSR count). The first kappa shape index (κ1) is 16.3. The monoisotopic (exact) mass is 338 g/mol. The number of aryl methyl sites for hydroxylation is 1. The fourth-order valence-corrected chi connectivity index (χ4v) is 3.13. The lowest BCUT2D eigenvalue weighted by Crippen LogP contribution is -2.15. The van der Waals surface area contributed by atoms with Gasteiger partial charge in [-0.15, -0.1) is 10.2 Å². The third-order valence-corrected chi connectivity index (χ3v) is 4.52. The van der Waals surface area contributed by atoms with Crippen molar-refractivity contribution >= 4 is 23.4 Å². The number of para-hydroxylation sites is 1. The SMILES string of the molecule is CCn1cnnc1SCC(=O)Nc1ccccc1-c1ccccc1. The molecule has 2 aromatic carbocycles. The van der Waals surface area contributed by atoms with E-state index in [1.165, 1.54) is 11.8 Å². The number of aromatic nitrogens is 3. The highest BCUT2D eigenvalue weighted by molar-refractivity contribution is 7.99. The lowest BCUT2D eigenvalue weighted by atomic mass is 10.0. The molecule has 0 saturated heterocycles. The van der Waals surface area contributed by atoms with Crippen LogP contribution in [-0.4, -0.2) is 26.4 Å². The predicted octanol–water partition coefficient (Wildman–Crippen LogP) is 3.70. The van der Waals surface area contributed by atoms with Crippen molar-refractivity contribution in [2.75, 3.05) is 11.1 Å². The molecule has 0 aliphatic rings. The van der Waals surface area contributed by atoms with Crippen molar-refractivity contribution in [2.24, 2.45) is 0 Å². The molecule has 3 aromatic rings. The maximum Gasteiger partial charge on any atom is 0.234 e. The van der Waals surface area contributed by atoms with Crippen LogP contribution < -0.4 is 5.32 Å². The first-order chi connectivity index (χ1) is 11.8. The highest BCUT2D eigenvalue weighted by atomic mass is 32.2. The van der Waals surface area contributed by atoms with Crippen molar-refractivity contribution in [3.05, 3.63) is 60.9 Å². The molecule has 0 atom stereocenters. The van der Waals surface area contributed by atoms with Crippen LogP contribution >= 0.6 is 11.8 Å². The highest BCUT2D eigenvalue weighted by Crippen LogP contribution is 2.27. The largest absolute Gasteiger partial charge is 0.325 e. The van der Waals surface area contributed by atoms with E-state index in [9.17, 15) is 4.79 Å². The van der Waals surface area contributed by atoms with Crippen molar-refractivity contribution in [3.63, 3.8) is 0 Å². The Bertz CT molecular complexity index is 817. The second kappa shape index (κ2) is 7.79. The smallest absolute Gasteiger partial charge is 0.234 e. The predicted molar refractivity (Wildman–Crippen MR) is 96.9 cm³/mol. The van der Waals surface area contributed by atoms with Gasteiger partial charge in [0, 0.05) is 17.8 Å². The van der Waals surface area contributed by atoms with Crippen LogP contribution in [0.1, 0.15) is 6.92 Å². The van der Waals surface area contributed by atoms with Crippen LogP contribution in [0.15, 0.2) is 66.1 Å². The number of amides is 1. The Morgan fingerprint density at radius 3 is 2.67 bits per heavy atom. The minimum Gasteiger partial charge on any atom is -0.325 e. The van der Waals surface area contributed by atoms with Crippen LogP contribution in [0.3, 0.4) is 0 Å². The number of thioether (sulfide) groups is 1. The zero-order valence-corrected chi connectivity index (χ0v) is 14.2. The number of nitrogens with zero attached hydrogens (tertiary/aromatic N) is 3. The van der Waals surface area contributed by atoms with Crippen LogP contribution in [0.2, 0.25) is 0 Å². The minimum atomic E-state index is -0.0611. The molecule has 1 amide bonds. The van der Waals surface area contributed by atoms with E-state index in [2.05, 4.69) is 15.5 Å². The Morgan fingerprint density at radius 2 is 1.88 bits per heavy atom. The molecule has 0 saturated carbocycles. The van der Waals surface area contributed by atoms with Crippen molar-refractivity contribution in [1.82, 2.24) is 14.8 Å². The molecule has 122 valence electrons. The molecule has 1 heterocycles. The second-order valence-electron chi connectivity index (χ2n) is 5.15. The molecule has 0 fully saturated rings. The Hall–Kier alpha value is -2.60. The molecule has 0 unspecified atom stereocenters. The summed E-state index contributed by atoms with van der Waals surface area (Å²) in [6.07, 6.45) is 1.67. The van der Waals surface area contributed by atoms with Gasteiger partial charge in [-0.05, 0) is 18.6 Å². The first-order valence-corrected chi connectivity index (χ1v) is 8.71. The summed E-state index contributed by atoms with van der Waals surface area (Å²) in [5, 5.41) is 11.6. The molecule has 0 spiro atoms. The molecular weight excluding hydrogens is 320 g/mol. The summed E-state index contributed by atoms with van der Waals surface area (Å²) >= 11 is 1.38. The molecule has 5 nitrogen and oxygen atoms in total. The normalized spacial score (nSPS) is 10.5. The van der Waals surface area contributed by atoms with E-state index in [0.717, 1.165) is 28.5 Å². The van der Waals surface area contributed by atoms with E-state index >= 15 is 0 Å². The molecule has 6 heteroatoms. The van der Waals surface area contributed by atoms with Gasteiger partial charge in [0.2, 0.25) is 5.91 Å². The van der Waals surface area contributed by atoms with Gasteiger partial charge in [-0.2, -0.15) is 0 Å². The summed E-state index contributed by atoms with van der Waals surface area (Å²) in [7, 11) is 0. The maximum absolute atomic E-state index is 12.3. The third-order valence-electron chi connectivity index (χ3n) is 3.54. The maximum atomic E-state index is 12.3. The van der Waals surface area contributed by atoms with E-state index in [1.807, 2.05) is 66.1 Å². The van der Waals surface area contributed by atoms with Crippen LogP contribution in [0.4, 0.5) is 5.69 Å². The lowest BCUT2D eigenvalue weighted by Gasteiger charge is -2.11. The fourth-order valence-electron chi connectivity index (χ4n) is 2.35. The van der Waals surface area contributed by atoms with E-state index < -0.39 is 0 Å². The van der Waals surface area contributed by atoms with Crippen molar-refractivity contribution in [2.45, 2.75) is 18.6 Å². The van der Waals surface area contributed by atoms with Crippen molar-refractivity contribution in [3.8, 4) is 11.1 Å². The van der Waals surface area contributed by atoms with Gasteiger partial charge in [0.15, 0.2) is 5.16 Å². The summed E-state index contributed by atoms with van der Waals surface area (Å²) in [6.45, 7) is 2.80. The summed E-state index contributed by atoms with van der Waals surface area (Å²) in [5.41, 5.74) is 2.89. The number of carbonyl (C=O) groups excluding carboxylic acids is 1. The van der Waals surface area contributed by atoms with Gasteiger partial charge < -0.3 is 9.88 Å². The minimum absolute atomic E-state index is 0.0611. The number of benzene rings is 2. The molecule has 0 bridgehead atoms. The number of carbonyl (C=O) groups is 1. The number of hydrogen-bond donors (Lipinski definition) is 1. The summed E-state index contributed by atoms with van der Waals surface area (Å²) < 4.78 is 1.91. The Balaban J connectivity index is 1.69. The standard InChI is InChI=1S/C18H18N4OS/c1-2-22-13-19-21-18(22)24-12-17(23)20-16-11-7-6-10-15(16)14-8-4-3-5-9-14/h3-11,13H,2,12H2,1H3,(H,20,23). The summed E-state index contributed by atoms with van der Waals surface area (Å²) in [4.78, 5) is 12.3. The van der Waals surface area contributed by atoms with E-state index in [4.69, 9.17) is 0 Å². The van der Waals surface area contributed by atoms with Gasteiger partial charge >= 0.3 is 0 Å². The van der Waals surface area contributed by atoms with E-state index in [1.54, 1.807) is 6.33 Å². The van der Waals surface area contributed by atoms with E-state index in [0.29, 0.717) is 5.75 Å². The average molecular weight is 338 g/mol. The summed E-state index contributed by atoms with van der Waals surface area (Å²) in [5.74, 6) is 0.232. The lowest BCUT2D eigenvalue weighted by molar-refractivity contribution is -0.113. The molecule has 1 aromatic heterocycles. The second-order valence-corrected chi connectivity index (χ2v) is 6.09. The topological polar surface area (TPSA) is 59.8 Å². The number of anilines is 1. The summed E-state index contributed by atoms with van der Waals surface area (Å²) in [6, 6.07) is 17.8. The Labute approximate surface area is 145 Å². The van der Waals surface area contributed by atoms with Crippen LogP contribution in [0, 0.1) is 0 Å². The van der Waals surface area contributed by atoms with E-state index in [-0.39, 0.29) is 5.91 Å². The molecule has 0 aliphatic heterocycles. The van der Waals surface area contributed by atoms with Crippen LogP contribution in [0.5, 0.6) is 0 Å². The van der Waals surface area contributed by atoms with Gasteiger partial charge in [-0.25, -0.2) is 0 Å².